The lowest BCUT2D eigenvalue weighted by Crippen LogP contribution is -2.45. The van der Waals surface area contributed by atoms with Crippen molar-refractivity contribution in [2.75, 3.05) is 13.2 Å². The van der Waals surface area contributed by atoms with Crippen LogP contribution in [0.2, 0.25) is 0 Å². The fourth-order valence-electron chi connectivity index (χ4n) is 7.83. The van der Waals surface area contributed by atoms with Gasteiger partial charge in [0.15, 0.2) is 0 Å². The number of ether oxygens (including phenoxy) is 1. The molecule has 0 heterocycles. The first-order chi connectivity index (χ1) is 31.0. The number of allylic oxidation sites excluding steroid dienone is 9. The number of carbonyl (C=O) groups excluding carboxylic acids is 2. The van der Waals surface area contributed by atoms with Crippen LogP contribution in [0.3, 0.4) is 0 Å². The van der Waals surface area contributed by atoms with Crippen LogP contribution in [-0.2, 0) is 14.3 Å². The summed E-state index contributed by atoms with van der Waals surface area (Å²) in [5.41, 5.74) is 0. The Labute approximate surface area is 390 Å². The number of amides is 1. The van der Waals surface area contributed by atoms with Gasteiger partial charge in [-0.25, -0.2) is 0 Å². The van der Waals surface area contributed by atoms with Crippen LogP contribution in [-0.4, -0.2) is 47.4 Å². The molecule has 1 amide bonds. The zero-order valence-corrected chi connectivity index (χ0v) is 41.5. The minimum atomic E-state index is -0.860. The van der Waals surface area contributed by atoms with Gasteiger partial charge >= 0.3 is 5.97 Å². The maximum Gasteiger partial charge on any atom is 0.305 e. The normalized spacial score (nSPS) is 13.1. The van der Waals surface area contributed by atoms with Gasteiger partial charge in [0.2, 0.25) is 5.91 Å². The van der Waals surface area contributed by atoms with E-state index in [4.69, 9.17) is 4.74 Å². The Kier molecular flexibility index (Phi) is 50.2. The van der Waals surface area contributed by atoms with Crippen molar-refractivity contribution in [2.24, 2.45) is 0 Å². The summed E-state index contributed by atoms with van der Waals surface area (Å²) < 4.78 is 5.44. The number of hydrogen-bond acceptors (Lipinski definition) is 5. The number of hydrogen-bond donors (Lipinski definition) is 3. The second kappa shape index (κ2) is 52.2. The van der Waals surface area contributed by atoms with Gasteiger partial charge in [-0.2, -0.15) is 0 Å². The Bertz CT molecular complexity index is 1110. The van der Waals surface area contributed by atoms with Crippen LogP contribution in [0.5, 0.6) is 0 Å². The second-order valence-electron chi connectivity index (χ2n) is 18.2. The van der Waals surface area contributed by atoms with E-state index in [0.29, 0.717) is 19.4 Å². The van der Waals surface area contributed by atoms with E-state index in [-0.39, 0.29) is 18.5 Å². The second-order valence-corrected chi connectivity index (χ2v) is 18.2. The van der Waals surface area contributed by atoms with Crippen LogP contribution in [0.4, 0.5) is 0 Å². The molecule has 63 heavy (non-hydrogen) atoms. The molecule has 6 nitrogen and oxygen atoms in total. The summed E-state index contributed by atoms with van der Waals surface area (Å²) in [5, 5.41) is 23.0. The first-order valence-electron chi connectivity index (χ1n) is 27.1. The zero-order valence-electron chi connectivity index (χ0n) is 41.5. The van der Waals surface area contributed by atoms with E-state index >= 15 is 0 Å². The topological polar surface area (TPSA) is 95.9 Å². The molecule has 0 fully saturated rings. The Balaban J connectivity index is 3.56. The lowest BCUT2D eigenvalue weighted by Gasteiger charge is -2.20. The van der Waals surface area contributed by atoms with E-state index in [1.54, 1.807) is 6.08 Å². The van der Waals surface area contributed by atoms with Gasteiger partial charge in [-0.05, 0) is 96.3 Å². The molecule has 0 saturated heterocycles. The largest absolute Gasteiger partial charge is 0.466 e. The molecule has 0 aromatic heterocycles. The standard InChI is InChI=1S/C57H103NO5/c1-3-5-7-9-11-13-15-17-19-20-23-27-31-35-39-43-47-51-57(62)63-52-48-44-40-36-32-28-24-21-22-26-30-34-38-42-46-50-56(61)58-54(53-59)55(60)49-45-41-37-33-29-25-18-16-14-12-10-8-6-4-2/h11,13,17,19,21,24,28,32,45,49,54-55,59-60H,3-10,12,14-16,18,20,22-23,25-27,29-31,33-44,46-48,50-53H2,1-2H3,(H,58,61)/b13-11-,19-17-,24-21-,32-28-,49-45+. The monoisotopic (exact) mass is 882 g/mol. The van der Waals surface area contributed by atoms with E-state index in [2.05, 4.69) is 67.8 Å². The lowest BCUT2D eigenvalue weighted by atomic mass is 10.0. The van der Waals surface area contributed by atoms with E-state index in [0.717, 1.165) is 83.5 Å². The minimum absolute atomic E-state index is 0.0316. The molecular formula is C57H103NO5. The highest BCUT2D eigenvalue weighted by atomic mass is 16.5. The summed E-state index contributed by atoms with van der Waals surface area (Å²) >= 11 is 0. The molecule has 2 atom stereocenters. The Morgan fingerprint density at radius 3 is 1.33 bits per heavy atom. The SMILES string of the molecule is CCCCC/C=C\C/C=C\CCCCCCCCCC(=O)OCCCCC/C=C\C=C/CCCCCCCCC(=O)NC(CO)C(O)/C=C/CCCCCCCCCCCCCC. The van der Waals surface area contributed by atoms with Gasteiger partial charge < -0.3 is 20.3 Å². The third kappa shape index (κ3) is 48.8. The molecule has 2 unspecified atom stereocenters. The molecule has 0 rings (SSSR count). The summed E-state index contributed by atoms with van der Waals surface area (Å²) in [6.07, 6.45) is 66.5. The van der Waals surface area contributed by atoms with Gasteiger partial charge in [0, 0.05) is 12.8 Å². The van der Waals surface area contributed by atoms with Gasteiger partial charge in [0.1, 0.15) is 0 Å². The summed E-state index contributed by atoms with van der Waals surface area (Å²) in [5.74, 6) is -0.124. The number of rotatable bonds is 49. The number of aliphatic hydroxyl groups is 2. The molecule has 366 valence electrons. The van der Waals surface area contributed by atoms with Crippen LogP contribution in [0, 0.1) is 0 Å². The quantitative estimate of drug-likeness (QED) is 0.0245. The highest BCUT2D eigenvalue weighted by Gasteiger charge is 2.18. The van der Waals surface area contributed by atoms with Crippen molar-refractivity contribution >= 4 is 11.9 Å². The van der Waals surface area contributed by atoms with Crippen LogP contribution >= 0.6 is 0 Å². The highest BCUT2D eigenvalue weighted by Crippen LogP contribution is 2.15. The van der Waals surface area contributed by atoms with Gasteiger partial charge in [0.05, 0.1) is 25.4 Å². The molecular weight excluding hydrogens is 779 g/mol. The Hall–Kier alpha value is -2.44. The molecule has 6 heteroatoms. The smallest absolute Gasteiger partial charge is 0.305 e. The number of unbranched alkanes of at least 4 members (excludes halogenated alkanes) is 31. The van der Waals surface area contributed by atoms with Crippen molar-refractivity contribution in [3.05, 3.63) is 60.8 Å². The Morgan fingerprint density at radius 2 is 0.841 bits per heavy atom. The third-order valence-electron chi connectivity index (χ3n) is 12.0. The summed E-state index contributed by atoms with van der Waals surface area (Å²) in [7, 11) is 0. The molecule has 0 aromatic rings. The molecule has 0 aliphatic rings. The van der Waals surface area contributed by atoms with Crippen LogP contribution < -0.4 is 5.32 Å². The fraction of sp³-hybridized carbons (Fsp3) is 0.789. The molecule has 0 radical (unpaired) electrons. The van der Waals surface area contributed by atoms with Crippen molar-refractivity contribution in [1.82, 2.24) is 5.32 Å². The van der Waals surface area contributed by atoms with Gasteiger partial charge in [0.25, 0.3) is 0 Å². The summed E-state index contributed by atoms with van der Waals surface area (Å²) in [4.78, 5) is 24.5. The fourth-order valence-corrected chi connectivity index (χ4v) is 7.83. The molecule has 0 spiro atoms. The van der Waals surface area contributed by atoms with E-state index < -0.39 is 12.1 Å². The van der Waals surface area contributed by atoms with Crippen molar-refractivity contribution in [3.63, 3.8) is 0 Å². The van der Waals surface area contributed by atoms with Crippen LogP contribution in [0.15, 0.2) is 60.8 Å². The molecule has 0 aliphatic heterocycles. The average Bonchev–Trinajstić information content (AvgIpc) is 3.28. The minimum Gasteiger partial charge on any atom is -0.466 e. The summed E-state index contributed by atoms with van der Waals surface area (Å²) in [6, 6.07) is -0.646. The molecule has 0 aromatic carbocycles. The first kappa shape index (κ1) is 60.6. The number of nitrogens with one attached hydrogen (secondary N) is 1. The van der Waals surface area contributed by atoms with Gasteiger partial charge in [-0.15, -0.1) is 0 Å². The Morgan fingerprint density at radius 1 is 0.460 bits per heavy atom. The number of carbonyl (C=O) groups is 2. The molecule has 0 aliphatic carbocycles. The van der Waals surface area contributed by atoms with Crippen LogP contribution in [0.1, 0.15) is 264 Å². The number of esters is 1. The van der Waals surface area contributed by atoms with Crippen molar-refractivity contribution in [3.8, 4) is 0 Å². The molecule has 0 saturated carbocycles. The van der Waals surface area contributed by atoms with Crippen molar-refractivity contribution < 1.29 is 24.5 Å². The van der Waals surface area contributed by atoms with Gasteiger partial charge in [-0.3, -0.25) is 9.59 Å². The van der Waals surface area contributed by atoms with E-state index in [1.807, 2.05) is 6.08 Å². The zero-order chi connectivity index (χ0) is 45.8. The maximum absolute atomic E-state index is 12.4. The van der Waals surface area contributed by atoms with E-state index in [9.17, 15) is 19.8 Å². The average molecular weight is 882 g/mol. The predicted molar refractivity (Wildman–Crippen MR) is 273 cm³/mol. The van der Waals surface area contributed by atoms with Gasteiger partial charge in [-0.1, -0.05) is 216 Å². The van der Waals surface area contributed by atoms with E-state index in [1.165, 1.54) is 154 Å². The van der Waals surface area contributed by atoms with Crippen molar-refractivity contribution in [2.45, 2.75) is 276 Å². The first-order valence-corrected chi connectivity index (χ1v) is 27.1. The maximum atomic E-state index is 12.4. The molecule has 3 N–H and O–H groups in total. The number of aliphatic hydroxyl groups excluding tert-OH is 2. The third-order valence-corrected chi connectivity index (χ3v) is 12.0. The van der Waals surface area contributed by atoms with Crippen molar-refractivity contribution in [1.29, 1.82) is 0 Å². The predicted octanol–water partition coefficient (Wildman–Crippen LogP) is 16.4. The summed E-state index contributed by atoms with van der Waals surface area (Å²) in [6.45, 7) is 4.80. The highest BCUT2D eigenvalue weighted by molar-refractivity contribution is 5.76. The molecule has 0 bridgehead atoms. The lowest BCUT2D eigenvalue weighted by molar-refractivity contribution is -0.143. The van der Waals surface area contributed by atoms with Crippen LogP contribution in [0.25, 0.3) is 0 Å².